The molecule has 0 aliphatic carbocycles. The Kier molecular flexibility index (Phi) is 5.00. The Morgan fingerprint density at radius 3 is 2.65 bits per heavy atom. The predicted molar refractivity (Wildman–Crippen MR) is 75.0 cm³/mol. The van der Waals surface area contributed by atoms with Crippen LogP contribution in [0.1, 0.15) is 30.6 Å². The summed E-state index contributed by atoms with van der Waals surface area (Å²) < 4.78 is 0.764. The van der Waals surface area contributed by atoms with Crippen LogP contribution in [0.4, 0.5) is 5.69 Å². The van der Waals surface area contributed by atoms with Crippen molar-refractivity contribution in [2.24, 2.45) is 5.92 Å². The molecule has 0 aliphatic heterocycles. The highest BCUT2D eigenvalue weighted by atomic mass is 79.9. The number of hydrogen-bond donors (Lipinski definition) is 1. The van der Waals surface area contributed by atoms with Crippen LogP contribution in [0.2, 0.25) is 0 Å². The molecule has 0 fully saturated rings. The van der Waals surface area contributed by atoms with Crippen LogP contribution < -0.4 is 5.73 Å². The number of nitrogens with two attached hydrogens (primary N) is 1. The molecular formula is C13H19BrN2O. The molecule has 0 unspecified atom stereocenters. The minimum Gasteiger partial charge on any atom is -0.398 e. The van der Waals surface area contributed by atoms with Gasteiger partial charge in [-0.15, -0.1) is 0 Å². The molecule has 0 aliphatic rings. The molecule has 0 saturated heterocycles. The van der Waals surface area contributed by atoms with Crippen LogP contribution in [0, 0.1) is 5.92 Å². The fourth-order valence-corrected chi connectivity index (χ4v) is 1.81. The summed E-state index contributed by atoms with van der Waals surface area (Å²) in [5.41, 5.74) is 7.00. The zero-order valence-corrected chi connectivity index (χ0v) is 12.1. The lowest BCUT2D eigenvalue weighted by Gasteiger charge is -2.18. The lowest BCUT2D eigenvalue weighted by atomic mass is 10.1. The molecule has 0 spiro atoms. The van der Waals surface area contributed by atoms with Crippen molar-refractivity contribution in [3.8, 4) is 0 Å². The maximum absolute atomic E-state index is 12.1. The second kappa shape index (κ2) is 6.05. The normalized spacial score (nSPS) is 10.6. The van der Waals surface area contributed by atoms with Crippen molar-refractivity contribution in [3.63, 3.8) is 0 Å². The van der Waals surface area contributed by atoms with Crippen LogP contribution in [-0.4, -0.2) is 24.4 Å². The van der Waals surface area contributed by atoms with Crippen molar-refractivity contribution in [1.82, 2.24) is 4.90 Å². The van der Waals surface area contributed by atoms with Crippen molar-refractivity contribution in [2.75, 3.05) is 19.3 Å². The van der Waals surface area contributed by atoms with Crippen LogP contribution in [0.15, 0.2) is 22.7 Å². The number of carbonyl (C=O) groups is 1. The first-order valence-corrected chi connectivity index (χ1v) is 6.51. The van der Waals surface area contributed by atoms with Crippen LogP contribution >= 0.6 is 15.9 Å². The average molecular weight is 299 g/mol. The third kappa shape index (κ3) is 4.04. The highest BCUT2D eigenvalue weighted by molar-refractivity contribution is 9.10. The molecule has 3 nitrogen and oxygen atoms in total. The number of carbonyl (C=O) groups excluding carboxylic acids is 1. The summed E-state index contributed by atoms with van der Waals surface area (Å²) in [6, 6.07) is 5.27. The highest BCUT2D eigenvalue weighted by Crippen LogP contribution is 2.21. The van der Waals surface area contributed by atoms with Crippen molar-refractivity contribution in [1.29, 1.82) is 0 Å². The zero-order chi connectivity index (χ0) is 13.0. The Hall–Kier alpha value is -1.03. The predicted octanol–water partition coefficient (Wildman–Crippen LogP) is 3.15. The Morgan fingerprint density at radius 1 is 1.47 bits per heavy atom. The number of hydrogen-bond acceptors (Lipinski definition) is 2. The van der Waals surface area contributed by atoms with Gasteiger partial charge < -0.3 is 10.6 Å². The van der Waals surface area contributed by atoms with E-state index in [1.807, 2.05) is 7.05 Å². The number of nitrogens with zero attached hydrogens (tertiary/aromatic N) is 1. The molecular weight excluding hydrogens is 280 g/mol. The van der Waals surface area contributed by atoms with Gasteiger partial charge in [-0.05, 0) is 46.5 Å². The van der Waals surface area contributed by atoms with E-state index in [0.717, 1.165) is 17.4 Å². The van der Waals surface area contributed by atoms with Crippen LogP contribution in [0.3, 0.4) is 0 Å². The van der Waals surface area contributed by atoms with E-state index in [1.54, 1.807) is 23.1 Å². The molecule has 17 heavy (non-hydrogen) atoms. The molecule has 1 aromatic rings. The summed E-state index contributed by atoms with van der Waals surface area (Å²) in [6.45, 7) is 5.08. The van der Waals surface area contributed by atoms with E-state index in [0.29, 0.717) is 17.2 Å². The summed E-state index contributed by atoms with van der Waals surface area (Å²) >= 11 is 3.33. The Labute approximate surface area is 111 Å². The number of halogens is 1. The molecule has 1 aromatic carbocycles. The van der Waals surface area contributed by atoms with E-state index in [9.17, 15) is 4.79 Å². The van der Waals surface area contributed by atoms with Gasteiger partial charge in [0, 0.05) is 29.3 Å². The summed E-state index contributed by atoms with van der Waals surface area (Å²) in [7, 11) is 1.83. The molecule has 1 rings (SSSR count). The fraction of sp³-hybridized carbons (Fsp3) is 0.462. The van der Waals surface area contributed by atoms with Gasteiger partial charge >= 0.3 is 0 Å². The van der Waals surface area contributed by atoms with Crippen LogP contribution in [0.25, 0.3) is 0 Å². The summed E-state index contributed by atoms with van der Waals surface area (Å²) in [5, 5.41) is 0. The number of amides is 1. The minimum absolute atomic E-state index is 0.0337. The summed E-state index contributed by atoms with van der Waals surface area (Å²) in [4.78, 5) is 13.8. The molecule has 0 bridgehead atoms. The summed E-state index contributed by atoms with van der Waals surface area (Å²) in [5.74, 6) is 0.634. The van der Waals surface area contributed by atoms with Crippen molar-refractivity contribution >= 4 is 27.5 Å². The van der Waals surface area contributed by atoms with Gasteiger partial charge in [0.05, 0.1) is 0 Å². The van der Waals surface area contributed by atoms with Crippen molar-refractivity contribution < 1.29 is 4.79 Å². The molecule has 0 heterocycles. The quantitative estimate of drug-likeness (QED) is 0.868. The molecule has 1 amide bonds. The van der Waals surface area contributed by atoms with Gasteiger partial charge in [0.1, 0.15) is 0 Å². The standard InChI is InChI=1S/C13H19BrN2O/c1-9(2)6-7-16(3)13(17)10-4-5-12(15)11(14)8-10/h4-5,8-9H,6-7,15H2,1-3H3. The third-order valence-electron chi connectivity index (χ3n) is 2.64. The molecule has 4 heteroatoms. The van der Waals surface area contributed by atoms with Gasteiger partial charge in [-0.2, -0.15) is 0 Å². The third-order valence-corrected chi connectivity index (χ3v) is 3.32. The van der Waals surface area contributed by atoms with E-state index >= 15 is 0 Å². The van der Waals surface area contributed by atoms with Gasteiger partial charge in [0.2, 0.25) is 0 Å². The molecule has 0 radical (unpaired) electrons. The van der Waals surface area contributed by atoms with Gasteiger partial charge in [-0.25, -0.2) is 0 Å². The maximum Gasteiger partial charge on any atom is 0.253 e. The van der Waals surface area contributed by atoms with E-state index in [1.165, 1.54) is 0 Å². The van der Waals surface area contributed by atoms with Gasteiger partial charge in [-0.1, -0.05) is 13.8 Å². The minimum atomic E-state index is 0.0337. The monoisotopic (exact) mass is 298 g/mol. The topological polar surface area (TPSA) is 46.3 Å². The Morgan fingerprint density at radius 2 is 2.12 bits per heavy atom. The molecule has 94 valence electrons. The molecule has 0 aromatic heterocycles. The van der Waals surface area contributed by atoms with Gasteiger partial charge in [0.25, 0.3) is 5.91 Å². The van der Waals surface area contributed by atoms with Crippen molar-refractivity contribution in [2.45, 2.75) is 20.3 Å². The second-order valence-electron chi connectivity index (χ2n) is 4.65. The largest absolute Gasteiger partial charge is 0.398 e. The first-order valence-electron chi connectivity index (χ1n) is 5.72. The number of nitrogen functional groups attached to an aromatic ring is 1. The van der Waals surface area contributed by atoms with Crippen molar-refractivity contribution in [3.05, 3.63) is 28.2 Å². The van der Waals surface area contributed by atoms with E-state index in [4.69, 9.17) is 5.73 Å². The maximum atomic E-state index is 12.1. The lowest BCUT2D eigenvalue weighted by molar-refractivity contribution is 0.0789. The zero-order valence-electron chi connectivity index (χ0n) is 10.5. The second-order valence-corrected chi connectivity index (χ2v) is 5.50. The van der Waals surface area contributed by atoms with Crippen LogP contribution in [-0.2, 0) is 0 Å². The van der Waals surface area contributed by atoms with Gasteiger partial charge in [0.15, 0.2) is 0 Å². The first kappa shape index (κ1) is 14.0. The number of benzene rings is 1. The van der Waals surface area contributed by atoms with E-state index in [-0.39, 0.29) is 5.91 Å². The Bertz CT molecular complexity index is 404. The molecule has 0 atom stereocenters. The lowest BCUT2D eigenvalue weighted by Crippen LogP contribution is -2.28. The molecule has 2 N–H and O–H groups in total. The smallest absolute Gasteiger partial charge is 0.253 e. The SMILES string of the molecule is CC(C)CCN(C)C(=O)c1ccc(N)c(Br)c1. The number of rotatable bonds is 4. The highest BCUT2D eigenvalue weighted by Gasteiger charge is 2.12. The van der Waals surface area contributed by atoms with E-state index < -0.39 is 0 Å². The van der Waals surface area contributed by atoms with Crippen LogP contribution in [0.5, 0.6) is 0 Å². The number of anilines is 1. The molecule has 0 saturated carbocycles. The Balaban J connectivity index is 2.71. The fourth-order valence-electron chi connectivity index (χ4n) is 1.43. The average Bonchev–Trinajstić information content (AvgIpc) is 2.28. The van der Waals surface area contributed by atoms with E-state index in [2.05, 4.69) is 29.8 Å². The first-order chi connectivity index (χ1) is 7.91. The summed E-state index contributed by atoms with van der Waals surface area (Å²) in [6.07, 6.45) is 1.01. The van der Waals surface area contributed by atoms with Gasteiger partial charge in [-0.3, -0.25) is 4.79 Å².